The highest BCUT2D eigenvalue weighted by molar-refractivity contribution is 7.93. The number of hydrogen-bond acceptors (Lipinski definition) is 3. The fourth-order valence-electron chi connectivity index (χ4n) is 4.13. The van der Waals surface area contributed by atoms with E-state index in [0.717, 1.165) is 23.9 Å². The van der Waals surface area contributed by atoms with Crippen molar-refractivity contribution in [2.24, 2.45) is 0 Å². The Bertz CT molecular complexity index is 1370. The largest absolute Gasteiger partial charge is 0.354 e. The van der Waals surface area contributed by atoms with Crippen LogP contribution < -0.4 is 9.62 Å². The van der Waals surface area contributed by atoms with Crippen molar-refractivity contribution in [3.8, 4) is 0 Å². The van der Waals surface area contributed by atoms with E-state index in [9.17, 15) is 13.2 Å². The molecule has 1 aromatic heterocycles. The highest BCUT2D eigenvalue weighted by Gasteiger charge is 2.36. The fraction of sp³-hybridized carbons (Fsp3) is 0.174. The van der Waals surface area contributed by atoms with Crippen molar-refractivity contribution in [1.82, 2.24) is 9.88 Å². The maximum Gasteiger partial charge on any atom is 0.265 e. The average Bonchev–Trinajstić information content (AvgIpc) is 3.25. The summed E-state index contributed by atoms with van der Waals surface area (Å²) < 4.78 is 29.3. The quantitative estimate of drug-likeness (QED) is 0.486. The number of aryl methyl sites for hydroxylation is 1. The molecule has 1 amide bonds. The molecule has 2 heterocycles. The van der Waals surface area contributed by atoms with Crippen molar-refractivity contribution in [2.75, 3.05) is 17.4 Å². The Morgan fingerprint density at radius 2 is 1.67 bits per heavy atom. The second-order valence-corrected chi connectivity index (χ2v) is 9.25. The zero-order valence-corrected chi connectivity index (χ0v) is 17.1. The second-order valence-electron chi connectivity index (χ2n) is 7.41. The molecule has 0 radical (unpaired) electrons. The van der Waals surface area contributed by atoms with E-state index < -0.39 is 10.0 Å². The molecule has 6 nitrogen and oxygen atoms in total. The number of carbonyl (C=O) groups excluding carboxylic acids is 1. The van der Waals surface area contributed by atoms with Gasteiger partial charge in [-0.25, -0.2) is 8.42 Å². The van der Waals surface area contributed by atoms with Crippen LogP contribution in [0.25, 0.3) is 21.7 Å². The van der Waals surface area contributed by atoms with Crippen molar-refractivity contribution in [3.63, 3.8) is 0 Å². The Morgan fingerprint density at radius 1 is 0.900 bits per heavy atom. The van der Waals surface area contributed by atoms with Gasteiger partial charge in [-0.2, -0.15) is 0 Å². The molecule has 1 N–H and O–H groups in total. The Balaban J connectivity index is 1.24. The number of sulfonamides is 1. The summed E-state index contributed by atoms with van der Waals surface area (Å²) in [6, 6.07) is 20.9. The van der Waals surface area contributed by atoms with Gasteiger partial charge in [0.1, 0.15) is 6.54 Å². The van der Waals surface area contributed by atoms with Crippen LogP contribution in [0.4, 0.5) is 5.69 Å². The number of anilines is 1. The second kappa shape index (κ2) is 7.18. The summed E-state index contributed by atoms with van der Waals surface area (Å²) in [4.78, 5) is 12.8. The zero-order valence-electron chi connectivity index (χ0n) is 16.3. The zero-order chi connectivity index (χ0) is 20.7. The van der Waals surface area contributed by atoms with Gasteiger partial charge in [0.05, 0.1) is 10.6 Å². The third-order valence-electron chi connectivity index (χ3n) is 5.55. The molecule has 0 aliphatic carbocycles. The Hall–Kier alpha value is -3.32. The SMILES string of the molecule is O=C(CN1c2cccc3cccc(c23)S1(=O)=O)NCCCn1ccc2ccccc21. The Kier molecular flexibility index (Phi) is 4.47. The lowest BCUT2D eigenvalue weighted by molar-refractivity contribution is -0.119. The van der Waals surface area contributed by atoms with E-state index in [0.29, 0.717) is 17.6 Å². The summed E-state index contributed by atoms with van der Waals surface area (Å²) in [6.07, 6.45) is 2.80. The predicted octanol–water partition coefficient (Wildman–Crippen LogP) is 3.51. The van der Waals surface area contributed by atoms with Gasteiger partial charge in [-0.1, -0.05) is 42.5 Å². The van der Waals surface area contributed by atoms with Gasteiger partial charge < -0.3 is 9.88 Å². The molecule has 0 saturated carbocycles. The van der Waals surface area contributed by atoms with Gasteiger partial charge in [0.25, 0.3) is 10.0 Å². The lowest BCUT2D eigenvalue weighted by Crippen LogP contribution is -2.39. The molecule has 0 spiro atoms. The number of nitrogens with one attached hydrogen (secondary N) is 1. The van der Waals surface area contributed by atoms with Crippen LogP contribution >= 0.6 is 0 Å². The van der Waals surface area contributed by atoms with E-state index >= 15 is 0 Å². The summed E-state index contributed by atoms with van der Waals surface area (Å²) >= 11 is 0. The molecule has 5 rings (SSSR count). The number of amides is 1. The van der Waals surface area contributed by atoms with E-state index in [1.807, 2.05) is 36.5 Å². The van der Waals surface area contributed by atoms with Crippen molar-refractivity contribution in [2.45, 2.75) is 17.9 Å². The van der Waals surface area contributed by atoms with E-state index in [4.69, 9.17) is 0 Å². The van der Waals surface area contributed by atoms with E-state index in [1.54, 1.807) is 18.2 Å². The molecule has 1 aliphatic heterocycles. The standard InChI is InChI=1S/C23H21N3O3S/c27-22(24-13-5-14-25-15-12-17-6-1-2-9-19(17)25)16-26-20-10-3-7-18-8-4-11-21(23(18)20)30(26,28)29/h1-4,6-12,15H,5,13-14,16H2,(H,24,27). The fourth-order valence-corrected chi connectivity index (χ4v) is 5.79. The first-order valence-electron chi connectivity index (χ1n) is 9.91. The maximum atomic E-state index is 13.0. The van der Waals surface area contributed by atoms with E-state index in [-0.39, 0.29) is 17.3 Å². The number of nitrogens with zero attached hydrogens (tertiary/aromatic N) is 2. The van der Waals surface area contributed by atoms with Crippen LogP contribution in [0.3, 0.4) is 0 Å². The van der Waals surface area contributed by atoms with Gasteiger partial charge in [-0.05, 0) is 41.5 Å². The summed E-state index contributed by atoms with van der Waals surface area (Å²) in [5.41, 5.74) is 1.73. The molecule has 152 valence electrons. The normalized spacial score (nSPS) is 14.5. The van der Waals surface area contributed by atoms with Crippen LogP contribution in [-0.4, -0.2) is 32.0 Å². The number of aromatic nitrogens is 1. The Labute approximate surface area is 174 Å². The van der Waals surface area contributed by atoms with Gasteiger partial charge in [0.2, 0.25) is 5.91 Å². The number of carbonyl (C=O) groups is 1. The van der Waals surface area contributed by atoms with Gasteiger partial charge in [0.15, 0.2) is 0 Å². The van der Waals surface area contributed by atoms with E-state index in [2.05, 4.69) is 28.1 Å². The highest BCUT2D eigenvalue weighted by Crippen LogP contribution is 2.41. The van der Waals surface area contributed by atoms with Gasteiger partial charge in [-0.15, -0.1) is 0 Å². The van der Waals surface area contributed by atoms with Gasteiger partial charge in [0, 0.05) is 30.2 Å². The van der Waals surface area contributed by atoms with Crippen LogP contribution in [0.2, 0.25) is 0 Å². The number of hydrogen-bond donors (Lipinski definition) is 1. The molecule has 0 bridgehead atoms. The van der Waals surface area contributed by atoms with Crippen molar-refractivity contribution >= 4 is 43.3 Å². The molecule has 30 heavy (non-hydrogen) atoms. The topological polar surface area (TPSA) is 71.4 Å². The van der Waals surface area contributed by atoms with Crippen LogP contribution in [0.1, 0.15) is 6.42 Å². The van der Waals surface area contributed by atoms with Crippen LogP contribution in [0.5, 0.6) is 0 Å². The van der Waals surface area contributed by atoms with Crippen LogP contribution in [0, 0.1) is 0 Å². The number of fused-ring (bicyclic) bond motifs is 1. The summed E-state index contributed by atoms with van der Waals surface area (Å²) in [6.45, 7) is 1.04. The summed E-state index contributed by atoms with van der Waals surface area (Å²) in [5, 5.41) is 5.59. The third-order valence-corrected chi connectivity index (χ3v) is 7.35. The monoisotopic (exact) mass is 419 g/mol. The molecular formula is C23H21N3O3S. The van der Waals surface area contributed by atoms with E-state index in [1.165, 1.54) is 9.69 Å². The van der Waals surface area contributed by atoms with Crippen molar-refractivity contribution < 1.29 is 13.2 Å². The number of para-hydroxylation sites is 1. The molecule has 0 atom stereocenters. The first-order valence-corrected chi connectivity index (χ1v) is 11.3. The minimum Gasteiger partial charge on any atom is -0.354 e. The van der Waals surface area contributed by atoms with Crippen LogP contribution in [0.15, 0.2) is 77.8 Å². The maximum absolute atomic E-state index is 13.0. The minimum absolute atomic E-state index is 0.220. The highest BCUT2D eigenvalue weighted by atomic mass is 32.2. The first-order chi connectivity index (χ1) is 14.6. The molecule has 7 heteroatoms. The first kappa shape index (κ1) is 18.7. The lowest BCUT2D eigenvalue weighted by atomic mass is 10.1. The molecule has 0 saturated heterocycles. The molecule has 4 aromatic rings. The molecule has 0 unspecified atom stereocenters. The Morgan fingerprint density at radius 3 is 2.53 bits per heavy atom. The third kappa shape index (κ3) is 3.02. The predicted molar refractivity (Wildman–Crippen MR) is 118 cm³/mol. The molecule has 1 aliphatic rings. The van der Waals surface area contributed by atoms with Crippen molar-refractivity contribution in [3.05, 3.63) is 72.9 Å². The van der Waals surface area contributed by atoms with Gasteiger partial charge >= 0.3 is 0 Å². The summed E-state index contributed by atoms with van der Waals surface area (Å²) in [7, 11) is -3.72. The van der Waals surface area contributed by atoms with Crippen LogP contribution in [-0.2, 0) is 21.4 Å². The number of rotatable bonds is 6. The lowest BCUT2D eigenvalue weighted by Gasteiger charge is -2.18. The minimum atomic E-state index is -3.72. The molecular weight excluding hydrogens is 398 g/mol. The smallest absolute Gasteiger partial charge is 0.265 e. The number of benzene rings is 3. The molecule has 3 aromatic carbocycles. The molecule has 0 fully saturated rings. The summed E-state index contributed by atoms with van der Waals surface area (Å²) in [5.74, 6) is -0.305. The van der Waals surface area contributed by atoms with Crippen molar-refractivity contribution in [1.29, 1.82) is 0 Å². The van der Waals surface area contributed by atoms with Gasteiger partial charge in [-0.3, -0.25) is 9.10 Å². The average molecular weight is 420 g/mol.